The van der Waals surface area contributed by atoms with E-state index in [0.717, 1.165) is 19.5 Å². The number of piperidine rings is 1. The summed E-state index contributed by atoms with van der Waals surface area (Å²) in [4.78, 5) is 18.4. The standard InChI is InChI=1S/C17H26N4O/c1-14-7-5-12-21(13-14)17(18)20-11-6-10-19-16(22)15-8-3-2-4-9-15/h2-4,8-9,14H,5-7,10-13H2,1H3,(H2,18,20)(H,19,22). The first-order chi connectivity index (χ1) is 10.7. The summed E-state index contributed by atoms with van der Waals surface area (Å²) >= 11 is 0. The summed E-state index contributed by atoms with van der Waals surface area (Å²) in [5.41, 5.74) is 6.72. The van der Waals surface area contributed by atoms with Gasteiger partial charge in [-0.05, 0) is 37.3 Å². The molecule has 3 N–H and O–H groups in total. The van der Waals surface area contributed by atoms with Gasteiger partial charge in [-0.2, -0.15) is 0 Å². The minimum Gasteiger partial charge on any atom is -0.370 e. The first-order valence-corrected chi connectivity index (χ1v) is 8.05. The van der Waals surface area contributed by atoms with Gasteiger partial charge < -0.3 is 16.0 Å². The molecule has 0 bridgehead atoms. The molecule has 120 valence electrons. The number of hydrogen-bond acceptors (Lipinski definition) is 2. The highest BCUT2D eigenvalue weighted by Crippen LogP contribution is 2.14. The Morgan fingerprint density at radius 2 is 2.18 bits per heavy atom. The number of nitrogens with one attached hydrogen (secondary N) is 1. The molecule has 0 radical (unpaired) electrons. The fourth-order valence-corrected chi connectivity index (χ4v) is 2.66. The van der Waals surface area contributed by atoms with Crippen LogP contribution in [0.2, 0.25) is 0 Å². The number of carbonyl (C=O) groups is 1. The van der Waals surface area contributed by atoms with Crippen molar-refractivity contribution in [1.29, 1.82) is 0 Å². The molecular weight excluding hydrogens is 276 g/mol. The Kier molecular flexibility index (Phi) is 6.25. The molecule has 0 spiro atoms. The zero-order chi connectivity index (χ0) is 15.8. The molecule has 0 aliphatic carbocycles. The van der Waals surface area contributed by atoms with Crippen molar-refractivity contribution in [2.75, 3.05) is 26.2 Å². The molecule has 5 nitrogen and oxygen atoms in total. The maximum atomic E-state index is 11.8. The molecule has 1 aliphatic rings. The van der Waals surface area contributed by atoms with E-state index >= 15 is 0 Å². The van der Waals surface area contributed by atoms with Crippen LogP contribution < -0.4 is 11.1 Å². The highest BCUT2D eigenvalue weighted by molar-refractivity contribution is 5.94. The molecule has 1 heterocycles. The van der Waals surface area contributed by atoms with E-state index in [9.17, 15) is 4.79 Å². The number of likely N-dealkylation sites (tertiary alicyclic amines) is 1. The second-order valence-electron chi connectivity index (χ2n) is 5.91. The van der Waals surface area contributed by atoms with E-state index in [1.165, 1.54) is 12.8 Å². The Morgan fingerprint density at radius 1 is 1.41 bits per heavy atom. The molecular formula is C17H26N4O. The van der Waals surface area contributed by atoms with Gasteiger partial charge in [0, 0.05) is 31.7 Å². The molecule has 0 saturated carbocycles. The lowest BCUT2D eigenvalue weighted by molar-refractivity contribution is 0.0953. The van der Waals surface area contributed by atoms with Crippen LogP contribution in [0.5, 0.6) is 0 Å². The highest BCUT2D eigenvalue weighted by Gasteiger charge is 2.17. The van der Waals surface area contributed by atoms with E-state index in [-0.39, 0.29) is 5.91 Å². The third-order valence-corrected chi connectivity index (χ3v) is 3.91. The van der Waals surface area contributed by atoms with Crippen molar-refractivity contribution in [3.63, 3.8) is 0 Å². The zero-order valence-electron chi connectivity index (χ0n) is 13.3. The molecule has 1 amide bonds. The predicted molar refractivity (Wildman–Crippen MR) is 89.9 cm³/mol. The minimum absolute atomic E-state index is 0.0394. The van der Waals surface area contributed by atoms with Gasteiger partial charge in [0.15, 0.2) is 5.96 Å². The van der Waals surface area contributed by atoms with Crippen LogP contribution in [0.25, 0.3) is 0 Å². The Morgan fingerprint density at radius 3 is 2.91 bits per heavy atom. The summed E-state index contributed by atoms with van der Waals surface area (Å²) in [6.45, 7) is 5.51. The van der Waals surface area contributed by atoms with Crippen molar-refractivity contribution in [3.8, 4) is 0 Å². The van der Waals surface area contributed by atoms with Gasteiger partial charge in [0.05, 0.1) is 0 Å². The Balaban J connectivity index is 1.66. The zero-order valence-corrected chi connectivity index (χ0v) is 13.3. The summed E-state index contributed by atoms with van der Waals surface area (Å²) in [6.07, 6.45) is 3.25. The molecule has 2 rings (SSSR count). The Hall–Kier alpha value is -2.04. The van der Waals surface area contributed by atoms with Crippen LogP contribution in [0.4, 0.5) is 0 Å². The molecule has 1 saturated heterocycles. The lowest BCUT2D eigenvalue weighted by Gasteiger charge is -2.31. The van der Waals surface area contributed by atoms with Crippen molar-refractivity contribution in [1.82, 2.24) is 10.2 Å². The Bertz CT molecular complexity index is 501. The van der Waals surface area contributed by atoms with Gasteiger partial charge >= 0.3 is 0 Å². The third kappa shape index (κ3) is 5.06. The number of aliphatic imine (C=N–C) groups is 1. The first kappa shape index (κ1) is 16.3. The second-order valence-corrected chi connectivity index (χ2v) is 5.91. The average molecular weight is 302 g/mol. The number of benzene rings is 1. The van der Waals surface area contributed by atoms with Gasteiger partial charge in [0.1, 0.15) is 0 Å². The van der Waals surface area contributed by atoms with Gasteiger partial charge in [-0.25, -0.2) is 0 Å². The predicted octanol–water partition coefficient (Wildman–Crippen LogP) is 1.85. The van der Waals surface area contributed by atoms with E-state index in [2.05, 4.69) is 22.1 Å². The maximum Gasteiger partial charge on any atom is 0.251 e. The maximum absolute atomic E-state index is 11.8. The van der Waals surface area contributed by atoms with Crippen LogP contribution in [0, 0.1) is 5.92 Å². The van der Waals surface area contributed by atoms with Crippen LogP contribution in [0.15, 0.2) is 35.3 Å². The first-order valence-electron chi connectivity index (χ1n) is 8.05. The number of nitrogens with zero attached hydrogens (tertiary/aromatic N) is 2. The fraction of sp³-hybridized carbons (Fsp3) is 0.529. The van der Waals surface area contributed by atoms with Gasteiger partial charge in [-0.15, -0.1) is 0 Å². The molecule has 0 aromatic heterocycles. The van der Waals surface area contributed by atoms with E-state index in [0.29, 0.717) is 30.5 Å². The monoisotopic (exact) mass is 302 g/mol. The average Bonchev–Trinajstić information content (AvgIpc) is 2.55. The van der Waals surface area contributed by atoms with Gasteiger partial charge in [0.2, 0.25) is 0 Å². The van der Waals surface area contributed by atoms with Crippen molar-refractivity contribution < 1.29 is 4.79 Å². The molecule has 1 unspecified atom stereocenters. The van der Waals surface area contributed by atoms with E-state index in [1.54, 1.807) is 0 Å². The van der Waals surface area contributed by atoms with E-state index in [1.807, 2.05) is 30.3 Å². The molecule has 1 aliphatic heterocycles. The van der Waals surface area contributed by atoms with Crippen molar-refractivity contribution in [3.05, 3.63) is 35.9 Å². The van der Waals surface area contributed by atoms with Crippen molar-refractivity contribution in [2.24, 2.45) is 16.6 Å². The number of guanidine groups is 1. The fourth-order valence-electron chi connectivity index (χ4n) is 2.66. The Labute approximate surface area is 132 Å². The summed E-state index contributed by atoms with van der Waals surface area (Å²) in [6, 6.07) is 9.24. The van der Waals surface area contributed by atoms with E-state index < -0.39 is 0 Å². The van der Waals surface area contributed by atoms with Gasteiger partial charge in [0.25, 0.3) is 5.91 Å². The largest absolute Gasteiger partial charge is 0.370 e. The molecule has 1 atom stereocenters. The van der Waals surface area contributed by atoms with Crippen LogP contribution >= 0.6 is 0 Å². The number of hydrogen-bond donors (Lipinski definition) is 2. The molecule has 1 aromatic rings. The number of amides is 1. The van der Waals surface area contributed by atoms with Crippen LogP contribution in [-0.2, 0) is 0 Å². The smallest absolute Gasteiger partial charge is 0.251 e. The number of carbonyl (C=O) groups excluding carboxylic acids is 1. The van der Waals surface area contributed by atoms with E-state index in [4.69, 9.17) is 5.73 Å². The van der Waals surface area contributed by atoms with Gasteiger partial charge in [-0.3, -0.25) is 9.79 Å². The molecule has 22 heavy (non-hydrogen) atoms. The summed E-state index contributed by atoms with van der Waals surface area (Å²) in [7, 11) is 0. The molecule has 1 aromatic carbocycles. The topological polar surface area (TPSA) is 70.7 Å². The van der Waals surface area contributed by atoms with Crippen molar-refractivity contribution in [2.45, 2.75) is 26.2 Å². The second kappa shape index (κ2) is 8.41. The quantitative estimate of drug-likeness (QED) is 0.495. The summed E-state index contributed by atoms with van der Waals surface area (Å²) < 4.78 is 0. The summed E-state index contributed by atoms with van der Waals surface area (Å²) in [5.74, 6) is 1.29. The lowest BCUT2D eigenvalue weighted by Crippen LogP contribution is -2.43. The number of rotatable bonds is 5. The number of nitrogens with two attached hydrogens (primary N) is 1. The van der Waals surface area contributed by atoms with Crippen LogP contribution in [0.3, 0.4) is 0 Å². The normalized spacial score (nSPS) is 19.0. The minimum atomic E-state index is -0.0394. The SMILES string of the molecule is CC1CCCN(C(N)=NCCCNC(=O)c2ccccc2)C1. The van der Waals surface area contributed by atoms with Crippen LogP contribution in [-0.4, -0.2) is 42.9 Å². The third-order valence-electron chi connectivity index (χ3n) is 3.91. The molecule has 1 fully saturated rings. The lowest BCUT2D eigenvalue weighted by atomic mass is 10.0. The summed E-state index contributed by atoms with van der Waals surface area (Å²) in [5, 5.41) is 2.90. The molecule has 5 heteroatoms. The van der Waals surface area contributed by atoms with Crippen LogP contribution in [0.1, 0.15) is 36.5 Å². The van der Waals surface area contributed by atoms with Crippen molar-refractivity contribution >= 4 is 11.9 Å². The highest BCUT2D eigenvalue weighted by atomic mass is 16.1. The van der Waals surface area contributed by atoms with Gasteiger partial charge in [-0.1, -0.05) is 25.1 Å².